The molecule has 0 bridgehead atoms. The van der Waals surface area contributed by atoms with Gasteiger partial charge in [0.25, 0.3) is 0 Å². The van der Waals surface area contributed by atoms with Crippen molar-refractivity contribution in [3.63, 3.8) is 0 Å². The second kappa shape index (κ2) is 8.61. The molecule has 31 heavy (non-hydrogen) atoms. The van der Waals surface area contributed by atoms with Gasteiger partial charge >= 0.3 is 0 Å². The first kappa shape index (κ1) is 22.7. The third-order valence-electron chi connectivity index (χ3n) is 4.23. The lowest BCUT2D eigenvalue weighted by Crippen LogP contribution is -2.42. The van der Waals surface area contributed by atoms with Crippen LogP contribution in [0.4, 0.5) is 5.82 Å². The molecule has 0 radical (unpaired) electrons. The Labute approximate surface area is 177 Å². The standard InChI is InChI=1S/C15H20N10O4S2/c16-6-8(17)7-21-31(28,29)11-4-3-9(10-2-1-5-20-14(10)18)12(13(11)30(19,26)27)15-22-24-25-23-15/h1-5,8,21H,6-7,16-17H2,(H2,18,20)(H2,19,26,27)(H,22,23,24,25). The molecule has 3 aromatic rings. The van der Waals surface area contributed by atoms with Crippen molar-refractivity contribution in [2.45, 2.75) is 15.8 Å². The Kier molecular flexibility index (Phi) is 6.30. The summed E-state index contributed by atoms with van der Waals surface area (Å²) in [5.41, 5.74) is 17.3. The van der Waals surface area contributed by atoms with Gasteiger partial charge in [-0.15, -0.1) is 10.2 Å². The number of aromatic amines is 1. The van der Waals surface area contributed by atoms with Crippen molar-refractivity contribution in [1.29, 1.82) is 0 Å². The van der Waals surface area contributed by atoms with Crippen molar-refractivity contribution in [1.82, 2.24) is 30.3 Å². The van der Waals surface area contributed by atoms with Gasteiger partial charge in [0.05, 0.1) is 5.56 Å². The summed E-state index contributed by atoms with van der Waals surface area (Å²) in [6.07, 6.45) is 1.44. The van der Waals surface area contributed by atoms with Gasteiger partial charge in [-0.05, 0) is 29.0 Å². The van der Waals surface area contributed by atoms with E-state index in [4.69, 9.17) is 22.3 Å². The smallest absolute Gasteiger partial charge is 0.241 e. The molecule has 1 unspecified atom stereocenters. The van der Waals surface area contributed by atoms with Crippen LogP contribution >= 0.6 is 0 Å². The van der Waals surface area contributed by atoms with E-state index in [1.807, 2.05) is 0 Å². The lowest BCUT2D eigenvalue weighted by atomic mass is 9.99. The molecule has 0 aliphatic carbocycles. The van der Waals surface area contributed by atoms with E-state index < -0.39 is 35.9 Å². The number of sulfonamides is 2. The lowest BCUT2D eigenvalue weighted by molar-refractivity contribution is 0.563. The molecule has 0 saturated heterocycles. The molecule has 3 rings (SSSR count). The minimum atomic E-state index is -4.62. The van der Waals surface area contributed by atoms with E-state index in [-0.39, 0.29) is 35.9 Å². The van der Waals surface area contributed by atoms with E-state index >= 15 is 0 Å². The normalized spacial score (nSPS) is 13.3. The molecule has 0 fully saturated rings. The largest absolute Gasteiger partial charge is 0.383 e. The third-order valence-corrected chi connectivity index (χ3v) is 6.82. The summed E-state index contributed by atoms with van der Waals surface area (Å²) >= 11 is 0. The van der Waals surface area contributed by atoms with Crippen molar-refractivity contribution in [2.75, 3.05) is 18.8 Å². The number of rotatable bonds is 8. The van der Waals surface area contributed by atoms with E-state index in [1.165, 1.54) is 12.3 Å². The van der Waals surface area contributed by atoms with Crippen molar-refractivity contribution < 1.29 is 16.8 Å². The maximum atomic E-state index is 12.9. The molecule has 166 valence electrons. The Balaban J connectivity index is 2.36. The predicted octanol–water partition coefficient (Wildman–Crippen LogP) is -2.28. The van der Waals surface area contributed by atoms with Crippen LogP contribution in [0.1, 0.15) is 0 Å². The molecule has 0 spiro atoms. The highest BCUT2D eigenvalue weighted by atomic mass is 32.2. The minimum absolute atomic E-state index is 0.0118. The average molecular weight is 469 g/mol. The van der Waals surface area contributed by atoms with Gasteiger partial charge in [0.1, 0.15) is 15.6 Å². The monoisotopic (exact) mass is 468 g/mol. The molecule has 2 heterocycles. The number of hydrogen-bond donors (Lipinski definition) is 6. The molecular formula is C15H20N10O4S2. The van der Waals surface area contributed by atoms with E-state index in [2.05, 4.69) is 30.3 Å². The third kappa shape index (κ3) is 4.68. The van der Waals surface area contributed by atoms with Crippen LogP contribution in [0.2, 0.25) is 0 Å². The molecule has 1 atom stereocenters. The van der Waals surface area contributed by atoms with Crippen LogP contribution in [0.3, 0.4) is 0 Å². The highest BCUT2D eigenvalue weighted by Crippen LogP contribution is 2.39. The van der Waals surface area contributed by atoms with Gasteiger partial charge in [-0.25, -0.2) is 31.7 Å². The van der Waals surface area contributed by atoms with Crippen molar-refractivity contribution in [3.8, 4) is 22.5 Å². The molecule has 14 nitrogen and oxygen atoms in total. The van der Waals surface area contributed by atoms with Crippen LogP contribution in [0.5, 0.6) is 0 Å². The fourth-order valence-electron chi connectivity index (χ4n) is 2.79. The second-order valence-electron chi connectivity index (χ2n) is 6.38. The molecule has 2 aromatic heterocycles. The first-order chi connectivity index (χ1) is 14.6. The fourth-order valence-corrected chi connectivity index (χ4v) is 5.49. The van der Waals surface area contributed by atoms with Crippen LogP contribution in [0.15, 0.2) is 40.3 Å². The van der Waals surface area contributed by atoms with Gasteiger partial charge < -0.3 is 17.2 Å². The number of nitrogens with two attached hydrogens (primary N) is 4. The van der Waals surface area contributed by atoms with Gasteiger partial charge in [0, 0.05) is 30.9 Å². The zero-order chi connectivity index (χ0) is 22.8. The summed E-state index contributed by atoms with van der Waals surface area (Å²) in [6.45, 7) is -0.213. The van der Waals surface area contributed by atoms with E-state index in [0.717, 1.165) is 6.07 Å². The van der Waals surface area contributed by atoms with Gasteiger partial charge in [-0.3, -0.25) is 0 Å². The Bertz CT molecular complexity index is 1290. The maximum absolute atomic E-state index is 12.9. The summed E-state index contributed by atoms with van der Waals surface area (Å²) in [6, 6.07) is 4.90. The van der Waals surface area contributed by atoms with E-state index in [0.29, 0.717) is 5.56 Å². The summed E-state index contributed by atoms with van der Waals surface area (Å²) < 4.78 is 53.3. The number of primary sulfonamides is 1. The summed E-state index contributed by atoms with van der Waals surface area (Å²) in [7, 11) is -9.00. The van der Waals surface area contributed by atoms with Crippen LogP contribution in [0.25, 0.3) is 22.5 Å². The molecule has 1 aromatic carbocycles. The molecule has 0 aliphatic rings. The minimum Gasteiger partial charge on any atom is -0.383 e. The Morgan fingerprint density at radius 2 is 1.87 bits per heavy atom. The topological polar surface area (TPSA) is 252 Å². The number of pyridine rings is 1. The van der Waals surface area contributed by atoms with Crippen LogP contribution in [-0.4, -0.2) is 61.6 Å². The number of nitrogens with zero attached hydrogens (tertiary/aromatic N) is 4. The lowest BCUT2D eigenvalue weighted by Gasteiger charge is -2.17. The Morgan fingerprint density at radius 3 is 2.45 bits per heavy atom. The SMILES string of the molecule is NCC(N)CNS(=O)(=O)c1ccc(-c2cccnc2N)c(-c2nn[nH]n2)c1S(N)(=O)=O. The zero-order valence-corrected chi connectivity index (χ0v) is 17.6. The zero-order valence-electron chi connectivity index (χ0n) is 15.9. The second-order valence-corrected chi connectivity index (χ2v) is 9.61. The predicted molar refractivity (Wildman–Crippen MR) is 111 cm³/mol. The molecular weight excluding hydrogens is 448 g/mol. The Morgan fingerprint density at radius 1 is 1.13 bits per heavy atom. The highest BCUT2D eigenvalue weighted by Gasteiger charge is 2.32. The Hall–Kier alpha value is -3.02. The molecule has 16 heteroatoms. The van der Waals surface area contributed by atoms with Gasteiger partial charge in [-0.1, -0.05) is 6.07 Å². The van der Waals surface area contributed by atoms with Crippen molar-refractivity contribution >= 4 is 25.9 Å². The number of anilines is 1. The van der Waals surface area contributed by atoms with Gasteiger partial charge in [0.2, 0.25) is 25.9 Å². The number of benzene rings is 1. The number of hydrogen-bond acceptors (Lipinski definition) is 11. The molecule has 0 aliphatic heterocycles. The summed E-state index contributed by atoms with van der Waals surface area (Å²) in [4.78, 5) is 2.62. The molecule has 0 saturated carbocycles. The van der Waals surface area contributed by atoms with Crippen molar-refractivity contribution in [3.05, 3.63) is 30.5 Å². The fraction of sp³-hybridized carbons (Fsp3) is 0.200. The summed E-state index contributed by atoms with van der Waals surface area (Å²) in [5.74, 6) is -0.145. The maximum Gasteiger partial charge on any atom is 0.241 e. The first-order valence-electron chi connectivity index (χ1n) is 8.66. The number of nitrogens with one attached hydrogen (secondary N) is 2. The van der Waals surface area contributed by atoms with Gasteiger partial charge in [-0.2, -0.15) is 5.21 Å². The quantitative estimate of drug-likeness (QED) is 0.205. The van der Waals surface area contributed by atoms with Crippen LogP contribution in [-0.2, 0) is 20.0 Å². The molecule has 10 N–H and O–H groups in total. The van der Waals surface area contributed by atoms with Gasteiger partial charge in [0.15, 0.2) is 0 Å². The average Bonchev–Trinajstić information content (AvgIpc) is 3.25. The van der Waals surface area contributed by atoms with E-state index in [9.17, 15) is 16.8 Å². The number of tetrazole rings is 1. The number of aromatic nitrogens is 5. The number of H-pyrrole nitrogens is 1. The highest BCUT2D eigenvalue weighted by molar-refractivity contribution is 7.92. The van der Waals surface area contributed by atoms with Crippen LogP contribution in [0, 0.1) is 0 Å². The van der Waals surface area contributed by atoms with Crippen molar-refractivity contribution in [2.24, 2.45) is 16.6 Å². The van der Waals surface area contributed by atoms with Crippen LogP contribution < -0.4 is 27.1 Å². The van der Waals surface area contributed by atoms with E-state index in [1.54, 1.807) is 12.1 Å². The summed E-state index contributed by atoms with van der Waals surface area (Å²) in [5, 5.41) is 18.7. The molecule has 0 amide bonds. The first-order valence-corrected chi connectivity index (χ1v) is 11.7. The number of nitrogen functional groups attached to an aromatic ring is 1.